The average molecular weight is 753 g/mol. The number of halogens is 1. The number of hydrogen-bond donors (Lipinski definition) is 4. The summed E-state index contributed by atoms with van der Waals surface area (Å²) < 4.78 is 32.7. The zero-order chi connectivity index (χ0) is 36.9. The van der Waals surface area contributed by atoms with Crippen LogP contribution in [0.1, 0.15) is 29.8 Å². The van der Waals surface area contributed by atoms with E-state index in [0.29, 0.717) is 0 Å². The van der Waals surface area contributed by atoms with Crippen LogP contribution >= 0.6 is 23.3 Å². The number of fused-ring (bicyclic) bond motifs is 4. The minimum atomic E-state index is -1.46. The number of β-lactam (4-membered cyclic amide) rings is 1. The van der Waals surface area contributed by atoms with Crippen molar-refractivity contribution in [1.29, 1.82) is 0 Å². The molecule has 0 radical (unpaired) electrons. The molecule has 1 fully saturated rings. The number of aromatic nitrogens is 2. The summed E-state index contributed by atoms with van der Waals surface area (Å²) in [7, 11) is 0. The summed E-state index contributed by atoms with van der Waals surface area (Å²) in [5.41, 5.74) is 19.8. The van der Waals surface area contributed by atoms with Gasteiger partial charge in [-0.1, -0.05) is 53.7 Å². The van der Waals surface area contributed by atoms with Crippen molar-refractivity contribution >= 4 is 70.3 Å². The monoisotopic (exact) mass is 752 g/mol. The maximum Gasteiger partial charge on any atom is 0.511 e. The molecule has 0 saturated carbocycles. The van der Waals surface area contributed by atoms with E-state index < -0.39 is 54.2 Å². The van der Waals surface area contributed by atoms with Gasteiger partial charge in [-0.15, -0.1) is 16.9 Å². The minimum Gasteiger partial charge on any atom is -0.433 e. The van der Waals surface area contributed by atoms with Crippen molar-refractivity contribution < 1.29 is 42.6 Å². The minimum absolute atomic E-state index is 0.00419. The predicted molar refractivity (Wildman–Crippen MR) is 186 cm³/mol. The summed E-state index contributed by atoms with van der Waals surface area (Å²) in [6, 6.07) is 14.4. The Morgan fingerprint density at radius 2 is 1.81 bits per heavy atom. The lowest BCUT2D eigenvalue weighted by molar-refractivity contribution is -0.169. The number of guanidine groups is 1. The standard InChI is InChI=1S/C31H29FN10O8S2/c1-14(50-31(46)47-11-20-18-8-4-2-6-16(18)17-7-3-5-9-19(17)20)49-28(45)23-15(10-36-39-29(33)34)12-51-27-22(26(44)42(23)27)37-25(43)21(40-48-13-32)24-38-30(35)52-41-24/h2-10,14,20,22,27H,11-13H2,1H3,(H,37,43)(H4,33,34,39)(H2,35,38,41)/b36-10+,40-21-. The summed E-state index contributed by atoms with van der Waals surface area (Å²) in [6.07, 6.45) is -1.39. The van der Waals surface area contributed by atoms with E-state index in [9.17, 15) is 23.6 Å². The molecule has 21 heteroatoms. The van der Waals surface area contributed by atoms with Gasteiger partial charge in [-0.2, -0.15) is 14.5 Å². The van der Waals surface area contributed by atoms with Crippen molar-refractivity contribution in [2.75, 3.05) is 25.0 Å². The third-order valence-corrected chi connectivity index (χ3v) is 9.65. The lowest BCUT2D eigenvalue weighted by atomic mass is 9.98. The third kappa shape index (κ3) is 7.35. The van der Waals surface area contributed by atoms with Crippen LogP contribution in [-0.2, 0) is 33.4 Å². The molecule has 7 N–H and O–H groups in total. The highest BCUT2D eigenvalue weighted by atomic mass is 32.2. The largest absolute Gasteiger partial charge is 0.511 e. The second-order valence-electron chi connectivity index (χ2n) is 11.0. The molecule has 1 saturated heterocycles. The molecule has 3 aliphatic rings. The van der Waals surface area contributed by atoms with E-state index >= 15 is 0 Å². The number of nitrogens with two attached hydrogens (primary N) is 3. The number of ether oxygens (including phenoxy) is 3. The summed E-state index contributed by atoms with van der Waals surface area (Å²) in [5, 5.41) is 12.4. The van der Waals surface area contributed by atoms with Crippen LogP contribution in [-0.4, -0.2) is 93.0 Å². The first-order valence-corrected chi connectivity index (χ1v) is 17.1. The van der Waals surface area contributed by atoms with Crippen LogP contribution in [0.3, 0.4) is 0 Å². The Morgan fingerprint density at radius 1 is 1.12 bits per heavy atom. The zero-order valence-electron chi connectivity index (χ0n) is 27.0. The number of hydrogen-bond acceptors (Lipinski definition) is 16. The van der Waals surface area contributed by atoms with Crippen LogP contribution in [0.4, 0.5) is 14.3 Å². The van der Waals surface area contributed by atoms with E-state index in [4.69, 9.17) is 31.4 Å². The van der Waals surface area contributed by atoms with Crippen LogP contribution in [0.5, 0.6) is 0 Å². The number of nitrogens with zero attached hydrogens (tertiary/aromatic N) is 6. The van der Waals surface area contributed by atoms with E-state index in [1.165, 1.54) is 6.92 Å². The van der Waals surface area contributed by atoms with Gasteiger partial charge in [-0.25, -0.2) is 14.0 Å². The van der Waals surface area contributed by atoms with Crippen molar-refractivity contribution in [1.82, 2.24) is 19.6 Å². The first-order valence-electron chi connectivity index (χ1n) is 15.3. The highest BCUT2D eigenvalue weighted by molar-refractivity contribution is 8.00. The van der Waals surface area contributed by atoms with Crippen LogP contribution in [0, 0.1) is 0 Å². The molecule has 2 aromatic carbocycles. The van der Waals surface area contributed by atoms with E-state index in [1.807, 2.05) is 48.5 Å². The second-order valence-corrected chi connectivity index (χ2v) is 12.9. The first kappa shape index (κ1) is 35.7. The van der Waals surface area contributed by atoms with Gasteiger partial charge in [-0.3, -0.25) is 14.5 Å². The van der Waals surface area contributed by atoms with Gasteiger partial charge in [0.15, 0.2) is 5.13 Å². The van der Waals surface area contributed by atoms with Gasteiger partial charge in [0.2, 0.25) is 23.8 Å². The predicted octanol–water partition coefficient (Wildman–Crippen LogP) is 1.54. The van der Waals surface area contributed by atoms with Crippen molar-refractivity contribution in [2.24, 2.45) is 26.8 Å². The molecule has 1 aliphatic carbocycles. The van der Waals surface area contributed by atoms with Gasteiger partial charge >= 0.3 is 12.1 Å². The summed E-state index contributed by atoms with van der Waals surface area (Å²) >= 11 is 1.92. The van der Waals surface area contributed by atoms with Crippen LogP contribution < -0.4 is 22.5 Å². The highest BCUT2D eigenvalue weighted by Gasteiger charge is 2.55. The Balaban J connectivity index is 1.13. The molecule has 3 aromatic rings. The Kier molecular flexibility index (Phi) is 10.6. The number of esters is 1. The van der Waals surface area contributed by atoms with E-state index in [0.717, 1.165) is 56.7 Å². The number of thioether (sulfide) groups is 1. The maximum atomic E-state index is 13.6. The Morgan fingerprint density at radius 3 is 2.44 bits per heavy atom. The molecule has 52 heavy (non-hydrogen) atoms. The van der Waals surface area contributed by atoms with E-state index in [-0.39, 0.29) is 46.5 Å². The van der Waals surface area contributed by atoms with Crippen molar-refractivity contribution in [3.63, 3.8) is 0 Å². The smallest absolute Gasteiger partial charge is 0.433 e. The molecular weight excluding hydrogens is 724 g/mol. The SMILES string of the molecule is CC(OC(=O)OCC1c2ccccc2-c2ccccc21)OC(=O)C1=C(/C=N/N=C(N)N)CSC2C(NC(=O)/C(=N\OCF)c3nsc(N)n3)C(=O)N12. The molecule has 3 atom stereocenters. The second kappa shape index (κ2) is 15.4. The fourth-order valence-corrected chi connectivity index (χ4v) is 7.43. The quantitative estimate of drug-likeness (QED) is 0.0511. The lowest BCUT2D eigenvalue weighted by Gasteiger charge is -2.49. The highest BCUT2D eigenvalue weighted by Crippen LogP contribution is 2.44. The molecule has 2 amide bonds. The number of carbonyl (C=O) groups excluding carboxylic acids is 4. The number of nitrogen functional groups attached to an aromatic ring is 1. The number of rotatable bonds is 12. The molecule has 6 rings (SSSR count). The Labute approximate surface area is 302 Å². The Bertz CT molecular complexity index is 1990. The fourth-order valence-electron chi connectivity index (χ4n) is 5.70. The Hall–Kier alpha value is -6.09. The molecular formula is C31H29FN10O8S2. The average Bonchev–Trinajstić information content (AvgIpc) is 3.70. The zero-order valence-corrected chi connectivity index (χ0v) is 28.6. The number of carbonyl (C=O) groups is 4. The van der Waals surface area contributed by atoms with Gasteiger partial charge < -0.3 is 41.6 Å². The van der Waals surface area contributed by atoms with Gasteiger partial charge in [0.25, 0.3) is 18.7 Å². The van der Waals surface area contributed by atoms with Gasteiger partial charge in [0.05, 0.1) is 6.21 Å². The summed E-state index contributed by atoms with van der Waals surface area (Å²) in [6.45, 7) is -0.0891. The molecule has 3 unspecified atom stereocenters. The molecule has 2 aliphatic heterocycles. The van der Waals surface area contributed by atoms with Gasteiger partial charge in [-0.05, 0) is 22.3 Å². The molecule has 0 bridgehead atoms. The third-order valence-electron chi connectivity index (χ3n) is 7.80. The van der Waals surface area contributed by atoms with Crippen LogP contribution in [0.15, 0.2) is 75.2 Å². The maximum absolute atomic E-state index is 13.6. The molecule has 270 valence electrons. The van der Waals surface area contributed by atoms with E-state index in [2.05, 4.69) is 34.9 Å². The summed E-state index contributed by atoms with van der Waals surface area (Å²) in [4.78, 5) is 62.2. The first-order chi connectivity index (χ1) is 25.1. The van der Waals surface area contributed by atoms with Crippen molar-refractivity contribution in [3.8, 4) is 11.1 Å². The van der Waals surface area contributed by atoms with Crippen LogP contribution in [0.25, 0.3) is 11.1 Å². The molecule has 1 aromatic heterocycles. The molecule has 0 spiro atoms. The fraction of sp³-hybridized carbons (Fsp3) is 0.258. The van der Waals surface area contributed by atoms with Gasteiger partial charge in [0, 0.05) is 35.7 Å². The van der Waals surface area contributed by atoms with Gasteiger partial charge in [0.1, 0.15) is 23.7 Å². The van der Waals surface area contributed by atoms with Crippen molar-refractivity contribution in [3.05, 3.63) is 76.8 Å². The van der Waals surface area contributed by atoms with E-state index in [1.54, 1.807) is 0 Å². The van der Waals surface area contributed by atoms with Crippen molar-refractivity contribution in [2.45, 2.75) is 30.5 Å². The molecule has 18 nitrogen and oxygen atoms in total. The number of alkyl halides is 1. The summed E-state index contributed by atoms with van der Waals surface area (Å²) in [5.74, 6) is -3.52. The van der Waals surface area contributed by atoms with Crippen LogP contribution in [0.2, 0.25) is 0 Å². The number of anilines is 1. The normalized spacial score (nSPS) is 18.5. The molecule has 3 heterocycles. The number of benzene rings is 2. The topological polar surface area (TPSA) is 261 Å². The number of amides is 2. The number of nitrogens with one attached hydrogen (secondary N) is 1. The number of oxime groups is 1. The lowest BCUT2D eigenvalue weighted by Crippen LogP contribution is -2.71.